The normalized spacial score (nSPS) is 13.0. The molecule has 2 aromatic heterocycles. The standard InChI is InChI=1S/C57H40N2O/c1-57(2)48-27-14-12-24-42(48)43-26-16-29-51(55(43)57)58(50-28-17-31-53-54(50)44-25-13-15-30-52(44)60-53)41-32-33-49-46(36-41)47-35-39(37-18-6-3-7-19-37)34-45(38-20-8-4-9-21-38)56(47)59(49)40-22-10-5-11-23-40/h3-36H,1-2H3. The molecule has 3 nitrogen and oxygen atoms in total. The summed E-state index contributed by atoms with van der Waals surface area (Å²) in [5, 5.41) is 4.59. The highest BCUT2D eigenvalue weighted by Gasteiger charge is 2.39. The fourth-order valence-electron chi connectivity index (χ4n) is 10.1. The number of fused-ring (bicyclic) bond motifs is 9. The van der Waals surface area contributed by atoms with Gasteiger partial charge in [0.2, 0.25) is 0 Å². The molecule has 284 valence electrons. The molecular formula is C57H40N2O. The molecule has 0 radical (unpaired) electrons. The first-order chi connectivity index (χ1) is 29.5. The first kappa shape index (κ1) is 34.4. The van der Waals surface area contributed by atoms with Gasteiger partial charge in [-0.15, -0.1) is 0 Å². The summed E-state index contributed by atoms with van der Waals surface area (Å²) in [5.74, 6) is 0. The summed E-state index contributed by atoms with van der Waals surface area (Å²) in [6.07, 6.45) is 0. The largest absolute Gasteiger partial charge is 0.456 e. The van der Waals surface area contributed by atoms with Gasteiger partial charge in [0, 0.05) is 38.5 Å². The number of rotatable bonds is 6. The molecule has 0 N–H and O–H groups in total. The smallest absolute Gasteiger partial charge is 0.137 e. The second kappa shape index (κ2) is 13.2. The number of hydrogen-bond donors (Lipinski definition) is 0. The molecule has 0 saturated carbocycles. The molecule has 11 aromatic rings. The Labute approximate surface area is 349 Å². The van der Waals surface area contributed by atoms with Crippen LogP contribution in [-0.4, -0.2) is 4.57 Å². The monoisotopic (exact) mass is 768 g/mol. The lowest BCUT2D eigenvalue weighted by atomic mass is 9.81. The van der Waals surface area contributed by atoms with Gasteiger partial charge in [-0.2, -0.15) is 0 Å². The minimum atomic E-state index is -0.240. The third-order valence-corrected chi connectivity index (χ3v) is 12.7. The van der Waals surface area contributed by atoms with Crippen molar-refractivity contribution in [3.8, 4) is 39.1 Å². The van der Waals surface area contributed by atoms with E-state index in [0.717, 1.165) is 50.2 Å². The van der Waals surface area contributed by atoms with E-state index in [0.29, 0.717) is 0 Å². The van der Waals surface area contributed by atoms with Crippen molar-refractivity contribution in [2.24, 2.45) is 0 Å². The number of nitrogens with zero attached hydrogens (tertiary/aromatic N) is 2. The Morgan fingerprint density at radius 1 is 0.450 bits per heavy atom. The molecule has 0 unspecified atom stereocenters. The molecule has 0 fully saturated rings. The first-order valence-corrected chi connectivity index (χ1v) is 20.8. The van der Waals surface area contributed by atoms with Gasteiger partial charge in [0.25, 0.3) is 0 Å². The highest BCUT2D eigenvalue weighted by Crippen LogP contribution is 2.55. The van der Waals surface area contributed by atoms with Gasteiger partial charge >= 0.3 is 0 Å². The molecule has 1 aliphatic carbocycles. The van der Waals surface area contributed by atoms with Crippen LogP contribution in [0.15, 0.2) is 211 Å². The molecule has 0 saturated heterocycles. The van der Waals surface area contributed by atoms with Gasteiger partial charge in [0.05, 0.1) is 27.8 Å². The number of anilines is 3. The van der Waals surface area contributed by atoms with E-state index in [1.165, 1.54) is 60.8 Å². The van der Waals surface area contributed by atoms with Crippen molar-refractivity contribution in [3.05, 3.63) is 217 Å². The second-order valence-electron chi connectivity index (χ2n) is 16.5. The lowest BCUT2D eigenvalue weighted by Crippen LogP contribution is -2.20. The predicted molar refractivity (Wildman–Crippen MR) is 251 cm³/mol. The van der Waals surface area contributed by atoms with Crippen molar-refractivity contribution in [2.45, 2.75) is 19.3 Å². The van der Waals surface area contributed by atoms with Gasteiger partial charge in [0.1, 0.15) is 11.2 Å². The molecule has 0 aliphatic heterocycles. The highest BCUT2D eigenvalue weighted by molar-refractivity contribution is 6.18. The summed E-state index contributed by atoms with van der Waals surface area (Å²) in [5.41, 5.74) is 18.3. The predicted octanol–water partition coefficient (Wildman–Crippen LogP) is 15.8. The van der Waals surface area contributed by atoms with Crippen LogP contribution in [0.25, 0.3) is 82.8 Å². The molecule has 9 aromatic carbocycles. The van der Waals surface area contributed by atoms with Crippen LogP contribution in [-0.2, 0) is 5.41 Å². The van der Waals surface area contributed by atoms with E-state index < -0.39 is 0 Å². The zero-order valence-electron chi connectivity index (χ0n) is 33.4. The lowest BCUT2D eigenvalue weighted by Gasteiger charge is -2.32. The maximum atomic E-state index is 6.56. The number of para-hydroxylation sites is 2. The Hall–Kier alpha value is -7.62. The molecule has 0 amide bonds. The van der Waals surface area contributed by atoms with Crippen LogP contribution in [0.1, 0.15) is 25.0 Å². The van der Waals surface area contributed by atoms with E-state index in [9.17, 15) is 0 Å². The van der Waals surface area contributed by atoms with Gasteiger partial charge in [-0.05, 0) is 106 Å². The average Bonchev–Trinajstić information content (AvgIpc) is 3.93. The fourth-order valence-corrected chi connectivity index (χ4v) is 10.1. The molecule has 0 bridgehead atoms. The SMILES string of the molecule is CC1(C)c2ccccc2-c2cccc(N(c3ccc4c(c3)c3cc(-c5ccccc5)cc(-c5ccccc5)c3n4-c3ccccc3)c3cccc4oc5ccccc5c34)c21. The van der Waals surface area contributed by atoms with Crippen LogP contribution in [0.5, 0.6) is 0 Å². The van der Waals surface area contributed by atoms with Crippen LogP contribution in [0, 0.1) is 0 Å². The van der Waals surface area contributed by atoms with E-state index in [4.69, 9.17) is 4.42 Å². The topological polar surface area (TPSA) is 21.3 Å². The molecule has 12 rings (SSSR count). The van der Waals surface area contributed by atoms with Crippen molar-refractivity contribution >= 4 is 60.8 Å². The molecule has 3 heteroatoms. The first-order valence-electron chi connectivity index (χ1n) is 20.8. The lowest BCUT2D eigenvalue weighted by molar-refractivity contribution is 0.661. The number of furan rings is 1. The number of benzene rings is 9. The van der Waals surface area contributed by atoms with Crippen LogP contribution < -0.4 is 4.90 Å². The quantitative estimate of drug-likeness (QED) is 0.168. The summed E-state index contributed by atoms with van der Waals surface area (Å²) in [7, 11) is 0. The van der Waals surface area contributed by atoms with Crippen LogP contribution in [0.3, 0.4) is 0 Å². The van der Waals surface area contributed by atoms with Crippen molar-refractivity contribution in [3.63, 3.8) is 0 Å². The van der Waals surface area contributed by atoms with E-state index in [-0.39, 0.29) is 5.41 Å². The zero-order chi connectivity index (χ0) is 40.0. The second-order valence-corrected chi connectivity index (χ2v) is 16.5. The van der Waals surface area contributed by atoms with Gasteiger partial charge < -0.3 is 13.9 Å². The Kier molecular flexibility index (Phi) is 7.58. The van der Waals surface area contributed by atoms with E-state index >= 15 is 0 Å². The maximum absolute atomic E-state index is 6.56. The molecule has 0 atom stereocenters. The Morgan fingerprint density at radius 3 is 1.92 bits per heavy atom. The third-order valence-electron chi connectivity index (χ3n) is 12.7. The Balaban J connectivity index is 1.21. The third kappa shape index (κ3) is 5.09. The molecule has 0 spiro atoms. The Morgan fingerprint density at radius 2 is 1.10 bits per heavy atom. The molecule has 60 heavy (non-hydrogen) atoms. The van der Waals surface area contributed by atoms with Crippen molar-refractivity contribution in [2.75, 3.05) is 4.90 Å². The number of hydrogen-bond acceptors (Lipinski definition) is 2. The Bertz CT molecular complexity index is 3450. The summed E-state index contributed by atoms with van der Waals surface area (Å²) >= 11 is 0. The van der Waals surface area contributed by atoms with Gasteiger partial charge in [0.15, 0.2) is 0 Å². The minimum absolute atomic E-state index is 0.240. The highest BCUT2D eigenvalue weighted by atomic mass is 16.3. The van der Waals surface area contributed by atoms with Crippen LogP contribution >= 0.6 is 0 Å². The molecule has 2 heterocycles. The summed E-state index contributed by atoms with van der Waals surface area (Å²) in [6, 6.07) is 74.9. The van der Waals surface area contributed by atoms with E-state index in [2.05, 4.69) is 230 Å². The summed E-state index contributed by atoms with van der Waals surface area (Å²) < 4.78 is 9.02. The van der Waals surface area contributed by atoms with Crippen molar-refractivity contribution in [1.29, 1.82) is 0 Å². The number of aromatic nitrogens is 1. The van der Waals surface area contributed by atoms with Crippen LogP contribution in [0.2, 0.25) is 0 Å². The van der Waals surface area contributed by atoms with Gasteiger partial charge in [-0.1, -0.05) is 153 Å². The van der Waals surface area contributed by atoms with Gasteiger partial charge in [-0.25, -0.2) is 0 Å². The average molecular weight is 769 g/mol. The van der Waals surface area contributed by atoms with E-state index in [1.54, 1.807) is 0 Å². The maximum Gasteiger partial charge on any atom is 0.137 e. The van der Waals surface area contributed by atoms with Gasteiger partial charge in [-0.3, -0.25) is 0 Å². The summed E-state index contributed by atoms with van der Waals surface area (Å²) in [6.45, 7) is 4.75. The van der Waals surface area contributed by atoms with Crippen molar-refractivity contribution in [1.82, 2.24) is 4.57 Å². The zero-order valence-corrected chi connectivity index (χ0v) is 33.4. The fraction of sp³-hybridized carbons (Fsp3) is 0.0526. The van der Waals surface area contributed by atoms with Crippen molar-refractivity contribution < 1.29 is 4.42 Å². The molecule has 1 aliphatic rings. The van der Waals surface area contributed by atoms with Crippen LogP contribution in [0.4, 0.5) is 17.1 Å². The molecular weight excluding hydrogens is 729 g/mol. The van der Waals surface area contributed by atoms with E-state index in [1.807, 2.05) is 0 Å². The summed E-state index contributed by atoms with van der Waals surface area (Å²) in [4.78, 5) is 2.50. The minimum Gasteiger partial charge on any atom is -0.456 e.